The van der Waals surface area contributed by atoms with Crippen LogP contribution >= 0.6 is 47.4 Å². The summed E-state index contributed by atoms with van der Waals surface area (Å²) in [5, 5.41) is 16.6. The number of hydrogen-bond acceptors (Lipinski definition) is 4. The van der Waals surface area contributed by atoms with Gasteiger partial charge in [0.2, 0.25) is 5.91 Å². The van der Waals surface area contributed by atoms with Crippen molar-refractivity contribution in [2.75, 3.05) is 18.4 Å². The second-order valence-corrected chi connectivity index (χ2v) is 9.62. The number of hydrogen-bond donors (Lipinski definition) is 3. The van der Waals surface area contributed by atoms with E-state index in [0.29, 0.717) is 26.1 Å². The van der Waals surface area contributed by atoms with E-state index in [1.165, 1.54) is 3.57 Å². The lowest BCUT2D eigenvalue weighted by molar-refractivity contribution is -0.115. The summed E-state index contributed by atoms with van der Waals surface area (Å²) < 4.78 is 3.24. The Morgan fingerprint density at radius 1 is 0.946 bits per heavy atom. The minimum atomic E-state index is -0.549. The van der Waals surface area contributed by atoms with Gasteiger partial charge in [-0.15, -0.1) is 24.8 Å². The second-order valence-electron chi connectivity index (χ2n) is 8.37. The van der Waals surface area contributed by atoms with Gasteiger partial charge in [0.25, 0.3) is 0 Å². The molecule has 0 aliphatic carbocycles. The number of aliphatic hydroxyl groups excluding tert-OH is 1. The molecule has 0 radical (unpaired) electrons. The average Bonchev–Trinajstić information content (AvgIpc) is 3.24. The molecule has 0 bridgehead atoms. The van der Waals surface area contributed by atoms with Gasteiger partial charge >= 0.3 is 0 Å². The molecule has 0 saturated heterocycles. The Labute approximate surface area is 243 Å². The molecule has 0 aliphatic rings. The van der Waals surface area contributed by atoms with Crippen LogP contribution < -0.4 is 10.6 Å². The minimum absolute atomic E-state index is 0. The molecular weight excluding hydrogens is 622 g/mol. The van der Waals surface area contributed by atoms with Crippen molar-refractivity contribution in [2.24, 2.45) is 0 Å². The molecule has 3 aromatic carbocycles. The number of nitrogens with one attached hydrogen (secondary N) is 2. The van der Waals surface area contributed by atoms with Crippen molar-refractivity contribution in [3.63, 3.8) is 0 Å². The van der Waals surface area contributed by atoms with Crippen LogP contribution in [0.15, 0.2) is 91.1 Å². The topological polar surface area (TPSA) is 79.2 Å². The van der Waals surface area contributed by atoms with E-state index in [1.807, 2.05) is 66.9 Å². The van der Waals surface area contributed by atoms with Crippen molar-refractivity contribution in [3.8, 4) is 0 Å². The van der Waals surface area contributed by atoms with Crippen LogP contribution in [-0.2, 0) is 24.2 Å². The molecule has 1 heterocycles. The molecule has 1 amide bonds. The molecule has 196 valence electrons. The predicted octanol–water partition coefficient (Wildman–Crippen LogP) is 5.43. The van der Waals surface area contributed by atoms with Gasteiger partial charge in [0, 0.05) is 41.5 Å². The number of rotatable bonds is 11. The van der Waals surface area contributed by atoms with Crippen LogP contribution in [-0.4, -0.2) is 33.7 Å². The van der Waals surface area contributed by atoms with E-state index in [4.69, 9.17) is 4.98 Å². The highest BCUT2D eigenvalue weighted by molar-refractivity contribution is 14.1. The van der Waals surface area contributed by atoms with Gasteiger partial charge in [0.15, 0.2) is 0 Å². The molecular formula is C28H31Cl2IN4O2. The summed E-state index contributed by atoms with van der Waals surface area (Å²) in [6.45, 7) is 1.80. The number of carbonyl (C=O) groups excluding carboxylic acids is 1. The van der Waals surface area contributed by atoms with Crippen LogP contribution in [0.3, 0.4) is 0 Å². The molecule has 0 saturated carbocycles. The van der Waals surface area contributed by atoms with E-state index in [1.54, 1.807) is 0 Å². The SMILES string of the molecule is Cl.Cl.O=C(Cc1nc(CCNC[C@H](O)c2ccccc2)cn1Cc1ccc(I)cc1)Nc1ccccc1. The van der Waals surface area contributed by atoms with Crippen LogP contribution in [0.25, 0.3) is 0 Å². The Morgan fingerprint density at radius 3 is 2.27 bits per heavy atom. The van der Waals surface area contributed by atoms with Crippen LogP contribution in [0.1, 0.15) is 28.7 Å². The molecule has 37 heavy (non-hydrogen) atoms. The van der Waals surface area contributed by atoms with Crippen LogP contribution in [0.4, 0.5) is 5.69 Å². The molecule has 0 aliphatic heterocycles. The van der Waals surface area contributed by atoms with Gasteiger partial charge in [-0.1, -0.05) is 60.7 Å². The summed E-state index contributed by atoms with van der Waals surface area (Å²) in [5.41, 5.74) is 3.74. The summed E-state index contributed by atoms with van der Waals surface area (Å²) in [6.07, 6.45) is 2.37. The van der Waals surface area contributed by atoms with Crippen molar-refractivity contribution >= 4 is 59.0 Å². The number of aliphatic hydroxyl groups is 1. The highest BCUT2D eigenvalue weighted by Crippen LogP contribution is 2.14. The quantitative estimate of drug-likeness (QED) is 0.149. The summed E-state index contributed by atoms with van der Waals surface area (Å²) >= 11 is 2.29. The summed E-state index contributed by atoms with van der Waals surface area (Å²) in [6, 6.07) is 27.4. The van der Waals surface area contributed by atoms with E-state index >= 15 is 0 Å². The number of carbonyl (C=O) groups is 1. The smallest absolute Gasteiger partial charge is 0.231 e. The largest absolute Gasteiger partial charge is 0.387 e. The summed E-state index contributed by atoms with van der Waals surface area (Å²) in [4.78, 5) is 17.5. The molecule has 6 nitrogen and oxygen atoms in total. The zero-order valence-corrected chi connectivity index (χ0v) is 24.0. The third-order valence-electron chi connectivity index (χ3n) is 5.63. The number of halogens is 3. The van der Waals surface area contributed by atoms with Crippen molar-refractivity contribution in [1.82, 2.24) is 14.9 Å². The Morgan fingerprint density at radius 2 is 1.59 bits per heavy atom. The van der Waals surface area contributed by atoms with Crippen molar-refractivity contribution < 1.29 is 9.90 Å². The molecule has 0 spiro atoms. The number of nitrogens with zero attached hydrogens (tertiary/aromatic N) is 2. The zero-order valence-electron chi connectivity index (χ0n) is 20.2. The number of para-hydroxylation sites is 1. The average molecular weight is 653 g/mol. The first-order chi connectivity index (χ1) is 17.1. The third-order valence-corrected chi connectivity index (χ3v) is 6.35. The maximum atomic E-state index is 12.7. The van der Waals surface area contributed by atoms with Crippen molar-refractivity contribution in [2.45, 2.75) is 25.5 Å². The normalized spacial score (nSPS) is 11.2. The molecule has 0 fully saturated rings. The number of benzene rings is 3. The predicted molar refractivity (Wildman–Crippen MR) is 162 cm³/mol. The molecule has 3 N–H and O–H groups in total. The maximum absolute atomic E-state index is 12.7. The Bertz CT molecular complexity index is 1220. The van der Waals surface area contributed by atoms with Crippen molar-refractivity contribution in [1.29, 1.82) is 0 Å². The second kappa shape index (κ2) is 15.7. The first-order valence-electron chi connectivity index (χ1n) is 11.6. The van der Waals surface area contributed by atoms with Gasteiger partial charge in [-0.3, -0.25) is 4.79 Å². The van der Waals surface area contributed by atoms with E-state index in [0.717, 1.165) is 28.3 Å². The molecule has 4 aromatic rings. The fourth-order valence-electron chi connectivity index (χ4n) is 3.82. The fraction of sp³-hybridized carbons (Fsp3) is 0.214. The summed E-state index contributed by atoms with van der Waals surface area (Å²) in [5.74, 6) is 0.637. The Balaban J connectivity index is 0.00000241. The number of amides is 1. The van der Waals surface area contributed by atoms with Crippen LogP contribution in [0, 0.1) is 3.57 Å². The lowest BCUT2D eigenvalue weighted by Crippen LogP contribution is -2.23. The molecule has 0 unspecified atom stereocenters. The summed E-state index contributed by atoms with van der Waals surface area (Å²) in [7, 11) is 0. The lowest BCUT2D eigenvalue weighted by atomic mass is 10.1. The van der Waals surface area contributed by atoms with Gasteiger partial charge in [0.1, 0.15) is 5.82 Å². The van der Waals surface area contributed by atoms with E-state index in [-0.39, 0.29) is 37.1 Å². The zero-order chi connectivity index (χ0) is 24.5. The van der Waals surface area contributed by atoms with Gasteiger partial charge in [-0.05, 0) is 58.0 Å². The minimum Gasteiger partial charge on any atom is -0.387 e. The molecule has 1 aromatic heterocycles. The van der Waals surface area contributed by atoms with Crippen molar-refractivity contribution in [3.05, 3.63) is 117 Å². The van der Waals surface area contributed by atoms with Crippen LogP contribution in [0.2, 0.25) is 0 Å². The fourth-order valence-corrected chi connectivity index (χ4v) is 4.18. The van der Waals surface area contributed by atoms with E-state index in [2.05, 4.69) is 62.1 Å². The van der Waals surface area contributed by atoms with Gasteiger partial charge < -0.3 is 20.3 Å². The number of imidazole rings is 1. The standard InChI is InChI=1S/C28H29IN4O2.2ClH/c29-23-13-11-21(12-14-23)19-33-20-25(15-16-30-18-26(34)22-7-3-1-4-8-22)31-27(33)17-28(35)32-24-9-5-2-6-10-24;;/h1-14,20,26,30,34H,15-19H2,(H,32,35);2*1H/t26-;;/m0../s1. The van der Waals surface area contributed by atoms with Crippen LogP contribution in [0.5, 0.6) is 0 Å². The van der Waals surface area contributed by atoms with E-state index < -0.39 is 6.10 Å². The molecule has 1 atom stereocenters. The number of aromatic nitrogens is 2. The first kappa shape index (κ1) is 30.8. The third kappa shape index (κ3) is 9.75. The highest BCUT2D eigenvalue weighted by Gasteiger charge is 2.14. The molecule has 9 heteroatoms. The van der Waals surface area contributed by atoms with E-state index in [9.17, 15) is 9.90 Å². The van der Waals surface area contributed by atoms with Gasteiger partial charge in [-0.25, -0.2) is 4.98 Å². The first-order valence-corrected chi connectivity index (χ1v) is 12.7. The lowest BCUT2D eigenvalue weighted by Gasteiger charge is -2.11. The monoisotopic (exact) mass is 652 g/mol. The van der Waals surface area contributed by atoms with Gasteiger partial charge in [0.05, 0.1) is 18.2 Å². The molecule has 4 rings (SSSR count). The van der Waals surface area contributed by atoms with Gasteiger partial charge in [-0.2, -0.15) is 0 Å². The highest BCUT2D eigenvalue weighted by atomic mass is 127. The Hall–Kier alpha value is -2.43. The number of anilines is 1. The Kier molecular flexibility index (Phi) is 13.1. The maximum Gasteiger partial charge on any atom is 0.231 e.